The van der Waals surface area contributed by atoms with Crippen LogP contribution in [0.15, 0.2) is 12.1 Å². The number of rotatable bonds is 7. The summed E-state index contributed by atoms with van der Waals surface area (Å²) in [4.78, 5) is 23.2. The van der Waals surface area contributed by atoms with Crippen LogP contribution in [-0.4, -0.2) is 37.1 Å². The fourth-order valence-corrected chi connectivity index (χ4v) is 2.27. The fourth-order valence-electron chi connectivity index (χ4n) is 2.27. The molecule has 0 bridgehead atoms. The Bertz CT molecular complexity index is 511. The van der Waals surface area contributed by atoms with E-state index in [1.54, 1.807) is 13.1 Å². The molecule has 0 aliphatic heterocycles. The van der Waals surface area contributed by atoms with Crippen LogP contribution < -0.4 is 10.1 Å². The highest BCUT2D eigenvalue weighted by Crippen LogP contribution is 2.26. The summed E-state index contributed by atoms with van der Waals surface area (Å²) in [7, 11) is 3.18. The van der Waals surface area contributed by atoms with Gasteiger partial charge >= 0.3 is 5.97 Å². The minimum absolute atomic E-state index is 0.0512. The van der Waals surface area contributed by atoms with Gasteiger partial charge in [0.05, 0.1) is 18.7 Å². The number of hydrogen-bond donors (Lipinski definition) is 2. The number of methoxy groups -OCH3 is 1. The average molecular weight is 279 g/mol. The van der Waals surface area contributed by atoms with Gasteiger partial charge in [-0.3, -0.25) is 9.59 Å². The van der Waals surface area contributed by atoms with Gasteiger partial charge in [-0.15, -0.1) is 0 Å². The van der Waals surface area contributed by atoms with Crippen LogP contribution in [0.25, 0.3) is 0 Å². The van der Waals surface area contributed by atoms with Crippen molar-refractivity contribution in [2.24, 2.45) is 0 Å². The van der Waals surface area contributed by atoms with Gasteiger partial charge in [0.2, 0.25) is 0 Å². The number of ether oxygens (including phenoxy) is 1. The number of carboxylic acid groups (broad SMARTS) is 1. The number of nitrogens with one attached hydrogen (secondary N) is 1. The molecule has 0 heterocycles. The lowest BCUT2D eigenvalue weighted by molar-refractivity contribution is -0.137. The van der Waals surface area contributed by atoms with Gasteiger partial charge in [-0.2, -0.15) is 0 Å². The molecule has 5 heteroatoms. The fraction of sp³-hybridized carbons (Fsp3) is 0.467. The summed E-state index contributed by atoms with van der Waals surface area (Å²) in [5.41, 5.74) is 2.36. The zero-order valence-corrected chi connectivity index (χ0v) is 12.3. The number of likely N-dealkylation sites (N-methyl/N-ethyl adjacent to an activating group) is 1. The third-order valence-corrected chi connectivity index (χ3v) is 3.20. The third-order valence-electron chi connectivity index (χ3n) is 3.20. The number of aryl methyl sites for hydroxylation is 2. The van der Waals surface area contributed by atoms with E-state index in [-0.39, 0.29) is 18.6 Å². The zero-order valence-electron chi connectivity index (χ0n) is 12.3. The van der Waals surface area contributed by atoms with Crippen molar-refractivity contribution in [2.75, 3.05) is 14.2 Å². The zero-order chi connectivity index (χ0) is 15.3. The van der Waals surface area contributed by atoms with E-state index in [9.17, 15) is 9.59 Å². The quantitative estimate of drug-likeness (QED) is 0.746. The molecule has 0 fully saturated rings. The lowest BCUT2D eigenvalue weighted by Crippen LogP contribution is -2.35. The summed E-state index contributed by atoms with van der Waals surface area (Å²) >= 11 is 0. The molecule has 1 aromatic carbocycles. The molecule has 0 saturated heterocycles. The van der Waals surface area contributed by atoms with Gasteiger partial charge in [0.15, 0.2) is 5.78 Å². The second kappa shape index (κ2) is 7.05. The van der Waals surface area contributed by atoms with E-state index in [2.05, 4.69) is 5.32 Å². The Hall–Kier alpha value is -1.88. The largest absolute Gasteiger partial charge is 0.496 e. The molecule has 0 aromatic heterocycles. The molecule has 1 unspecified atom stereocenters. The third kappa shape index (κ3) is 3.81. The van der Waals surface area contributed by atoms with Gasteiger partial charge in [-0.1, -0.05) is 6.07 Å². The normalized spacial score (nSPS) is 12.0. The first kappa shape index (κ1) is 16.2. The van der Waals surface area contributed by atoms with Gasteiger partial charge in [0.25, 0.3) is 0 Å². The summed E-state index contributed by atoms with van der Waals surface area (Å²) in [6.45, 7) is 3.79. The number of aliphatic carboxylic acids is 1. The van der Waals surface area contributed by atoms with E-state index < -0.39 is 12.0 Å². The maximum atomic E-state index is 12.5. The molecule has 0 aliphatic rings. The molecule has 2 N–H and O–H groups in total. The first-order chi connectivity index (χ1) is 9.40. The molecule has 0 aliphatic carbocycles. The van der Waals surface area contributed by atoms with Gasteiger partial charge < -0.3 is 15.2 Å². The molecule has 0 amide bonds. The van der Waals surface area contributed by atoms with Gasteiger partial charge in [-0.25, -0.2) is 0 Å². The van der Waals surface area contributed by atoms with Crippen molar-refractivity contribution >= 4 is 11.8 Å². The molecule has 1 aromatic rings. The predicted molar refractivity (Wildman–Crippen MR) is 76.5 cm³/mol. The lowest BCUT2D eigenvalue weighted by atomic mass is 9.96. The van der Waals surface area contributed by atoms with Crippen molar-refractivity contribution < 1.29 is 19.4 Å². The van der Waals surface area contributed by atoms with Gasteiger partial charge in [-0.05, 0) is 44.5 Å². The van der Waals surface area contributed by atoms with Crippen molar-refractivity contribution in [1.29, 1.82) is 0 Å². The predicted octanol–water partition coefficient (Wildman–Crippen LogP) is 1.95. The second-order valence-corrected chi connectivity index (χ2v) is 4.80. The highest BCUT2D eigenvalue weighted by Gasteiger charge is 2.23. The second-order valence-electron chi connectivity index (χ2n) is 4.80. The number of carbonyl (C=O) groups is 2. The van der Waals surface area contributed by atoms with Gasteiger partial charge in [0, 0.05) is 6.42 Å². The summed E-state index contributed by atoms with van der Waals surface area (Å²) in [6.07, 6.45) is 0.200. The van der Waals surface area contributed by atoms with Crippen LogP contribution in [0.5, 0.6) is 5.75 Å². The summed E-state index contributed by atoms with van der Waals surface area (Å²) in [5.74, 6) is -0.501. The summed E-state index contributed by atoms with van der Waals surface area (Å²) in [6, 6.07) is 3.20. The Morgan fingerprint density at radius 1 is 1.35 bits per heavy atom. The molecule has 0 saturated carbocycles. The van der Waals surface area contributed by atoms with Crippen molar-refractivity contribution in [3.8, 4) is 5.75 Å². The van der Waals surface area contributed by atoms with Crippen LogP contribution in [0.4, 0.5) is 0 Å². The topological polar surface area (TPSA) is 75.6 Å². The van der Waals surface area contributed by atoms with Crippen LogP contribution >= 0.6 is 0 Å². The van der Waals surface area contributed by atoms with E-state index in [0.717, 1.165) is 11.1 Å². The molecule has 5 nitrogen and oxygen atoms in total. The number of hydrogen-bond acceptors (Lipinski definition) is 4. The van der Waals surface area contributed by atoms with E-state index >= 15 is 0 Å². The molecular weight excluding hydrogens is 258 g/mol. The SMILES string of the molecule is CNC(CCC(=O)O)C(=O)c1cc(C)cc(C)c1OC. The Morgan fingerprint density at radius 2 is 2.00 bits per heavy atom. The van der Waals surface area contributed by atoms with Crippen LogP contribution in [0.2, 0.25) is 0 Å². The number of Topliss-reactive ketones (excluding diaryl/α,β-unsaturated/α-hetero) is 1. The van der Waals surface area contributed by atoms with Gasteiger partial charge in [0.1, 0.15) is 5.75 Å². The van der Waals surface area contributed by atoms with Crippen LogP contribution in [0, 0.1) is 13.8 Å². The van der Waals surface area contributed by atoms with E-state index in [1.807, 2.05) is 19.9 Å². The standard InChI is InChI=1S/C15H21NO4/c1-9-7-10(2)15(20-4)11(8-9)14(19)12(16-3)5-6-13(17)18/h7-8,12,16H,5-6H2,1-4H3,(H,17,18). The van der Waals surface area contributed by atoms with Crippen molar-refractivity contribution in [3.63, 3.8) is 0 Å². The van der Waals surface area contributed by atoms with Crippen molar-refractivity contribution in [2.45, 2.75) is 32.7 Å². The summed E-state index contributed by atoms with van der Waals surface area (Å²) < 4.78 is 5.31. The number of carboxylic acids is 1. The molecule has 1 rings (SSSR count). The minimum Gasteiger partial charge on any atom is -0.496 e. The average Bonchev–Trinajstić information content (AvgIpc) is 2.38. The number of benzene rings is 1. The monoisotopic (exact) mass is 279 g/mol. The maximum Gasteiger partial charge on any atom is 0.303 e. The Morgan fingerprint density at radius 3 is 2.50 bits per heavy atom. The van der Waals surface area contributed by atoms with E-state index in [4.69, 9.17) is 9.84 Å². The smallest absolute Gasteiger partial charge is 0.303 e. The Kier molecular flexibility index (Phi) is 5.70. The maximum absolute atomic E-state index is 12.5. The van der Waals surface area contributed by atoms with Crippen molar-refractivity contribution in [1.82, 2.24) is 5.32 Å². The highest BCUT2D eigenvalue weighted by atomic mass is 16.5. The molecule has 20 heavy (non-hydrogen) atoms. The first-order valence-electron chi connectivity index (χ1n) is 6.49. The Labute approximate surface area is 118 Å². The molecule has 1 atom stereocenters. The Balaban J connectivity index is 3.08. The molecule has 0 radical (unpaired) electrons. The molecule has 110 valence electrons. The van der Waals surface area contributed by atoms with Crippen LogP contribution in [-0.2, 0) is 4.79 Å². The summed E-state index contributed by atoms with van der Waals surface area (Å²) in [5, 5.41) is 11.6. The van der Waals surface area contributed by atoms with Crippen LogP contribution in [0.3, 0.4) is 0 Å². The number of carbonyl (C=O) groups excluding carboxylic acids is 1. The number of ketones is 1. The highest BCUT2D eigenvalue weighted by molar-refractivity contribution is 6.03. The molecule has 0 spiro atoms. The van der Waals surface area contributed by atoms with E-state index in [0.29, 0.717) is 11.3 Å². The van der Waals surface area contributed by atoms with Crippen molar-refractivity contribution in [3.05, 3.63) is 28.8 Å². The van der Waals surface area contributed by atoms with Crippen LogP contribution in [0.1, 0.15) is 34.3 Å². The first-order valence-corrected chi connectivity index (χ1v) is 6.49. The lowest BCUT2D eigenvalue weighted by Gasteiger charge is -2.17. The minimum atomic E-state index is -0.912. The molecular formula is C15H21NO4. The van der Waals surface area contributed by atoms with E-state index in [1.165, 1.54) is 7.11 Å².